The largest absolute Gasteiger partial charge is 0.422 e. The molecule has 3 aromatic rings. The molecule has 3 rings (SSSR count). The third kappa shape index (κ3) is 4.32. The van der Waals surface area contributed by atoms with E-state index in [1.807, 2.05) is 6.07 Å². The van der Waals surface area contributed by atoms with E-state index in [-0.39, 0.29) is 24.4 Å². The second-order valence-electron chi connectivity index (χ2n) is 5.63. The van der Waals surface area contributed by atoms with Crippen LogP contribution in [0, 0.1) is 0 Å². The van der Waals surface area contributed by atoms with Crippen LogP contribution in [0.1, 0.15) is 22.3 Å². The average Bonchev–Trinajstić information content (AvgIpc) is 2.66. The molecule has 2 N–H and O–H groups in total. The first-order chi connectivity index (χ1) is 12.6. The van der Waals surface area contributed by atoms with Crippen molar-refractivity contribution in [2.24, 2.45) is 0 Å². The van der Waals surface area contributed by atoms with Crippen molar-refractivity contribution in [1.29, 1.82) is 0 Å². The second kappa shape index (κ2) is 8.06. The summed E-state index contributed by atoms with van der Waals surface area (Å²) in [4.78, 5) is 39.9. The number of carbonyl (C=O) groups is 2. The summed E-state index contributed by atoms with van der Waals surface area (Å²) in [7, 11) is 0. The summed E-state index contributed by atoms with van der Waals surface area (Å²) < 4.78 is 5.13. The number of rotatable bonds is 6. The first kappa shape index (κ1) is 17.3. The van der Waals surface area contributed by atoms with Crippen LogP contribution in [0.3, 0.4) is 0 Å². The fourth-order valence-electron chi connectivity index (χ4n) is 2.40. The first-order valence-corrected chi connectivity index (χ1v) is 8.10. The second-order valence-corrected chi connectivity index (χ2v) is 5.63. The number of carbonyl (C=O) groups excluding carboxylic acids is 2. The molecule has 132 valence electrons. The topological polar surface area (TPSA) is 101 Å². The molecule has 0 aliphatic carbocycles. The molecule has 0 aliphatic heterocycles. The maximum absolute atomic E-state index is 12.2. The third-order valence-corrected chi connectivity index (χ3v) is 3.74. The van der Waals surface area contributed by atoms with Crippen molar-refractivity contribution in [3.05, 3.63) is 76.4 Å². The average molecular weight is 351 g/mol. The quantitative estimate of drug-likeness (QED) is 0.657. The van der Waals surface area contributed by atoms with Crippen molar-refractivity contribution in [2.75, 3.05) is 6.54 Å². The lowest BCUT2D eigenvalue weighted by atomic mass is 10.2. The van der Waals surface area contributed by atoms with E-state index in [1.54, 1.807) is 42.7 Å². The summed E-state index contributed by atoms with van der Waals surface area (Å²) in [6.07, 6.45) is 3.43. The Morgan fingerprint density at radius 1 is 1.08 bits per heavy atom. The van der Waals surface area contributed by atoms with Gasteiger partial charge in [0.1, 0.15) is 11.1 Å². The lowest BCUT2D eigenvalue weighted by Crippen LogP contribution is -2.32. The molecular weight excluding hydrogens is 334 g/mol. The number of amides is 2. The van der Waals surface area contributed by atoms with E-state index in [1.165, 1.54) is 6.07 Å². The van der Waals surface area contributed by atoms with Gasteiger partial charge >= 0.3 is 5.63 Å². The zero-order valence-electron chi connectivity index (χ0n) is 13.9. The number of fused-ring (bicyclic) bond motifs is 1. The molecule has 0 atom stereocenters. The van der Waals surface area contributed by atoms with Crippen LogP contribution in [0.2, 0.25) is 0 Å². The number of hydrogen-bond acceptors (Lipinski definition) is 5. The number of nitrogens with zero attached hydrogens (tertiary/aromatic N) is 1. The van der Waals surface area contributed by atoms with Gasteiger partial charge in [0.25, 0.3) is 5.91 Å². The smallest absolute Gasteiger partial charge is 0.349 e. The molecule has 0 aliphatic rings. The fraction of sp³-hybridized carbons (Fsp3) is 0.158. The first-order valence-electron chi connectivity index (χ1n) is 8.10. The van der Waals surface area contributed by atoms with Crippen molar-refractivity contribution in [2.45, 2.75) is 13.0 Å². The van der Waals surface area contributed by atoms with Gasteiger partial charge in [-0.3, -0.25) is 14.6 Å². The normalized spacial score (nSPS) is 10.5. The van der Waals surface area contributed by atoms with Gasteiger partial charge in [0.2, 0.25) is 5.91 Å². The van der Waals surface area contributed by atoms with E-state index in [2.05, 4.69) is 15.6 Å². The van der Waals surface area contributed by atoms with Crippen LogP contribution in [0.25, 0.3) is 11.0 Å². The van der Waals surface area contributed by atoms with Gasteiger partial charge in [0, 0.05) is 37.3 Å². The number of para-hydroxylation sites is 1. The summed E-state index contributed by atoms with van der Waals surface area (Å²) in [6, 6.07) is 12.1. The number of hydrogen-bond donors (Lipinski definition) is 2. The molecule has 2 heterocycles. The minimum atomic E-state index is -0.706. The monoisotopic (exact) mass is 351 g/mol. The van der Waals surface area contributed by atoms with Crippen LogP contribution in [0.4, 0.5) is 0 Å². The van der Waals surface area contributed by atoms with E-state index < -0.39 is 11.5 Å². The summed E-state index contributed by atoms with van der Waals surface area (Å²) in [5.74, 6) is -0.774. The maximum Gasteiger partial charge on any atom is 0.349 e. The van der Waals surface area contributed by atoms with Gasteiger partial charge in [-0.2, -0.15) is 0 Å². The lowest BCUT2D eigenvalue weighted by molar-refractivity contribution is -0.121. The molecule has 2 aromatic heterocycles. The molecule has 2 amide bonds. The summed E-state index contributed by atoms with van der Waals surface area (Å²) in [5, 5.41) is 5.96. The third-order valence-electron chi connectivity index (χ3n) is 3.74. The summed E-state index contributed by atoms with van der Waals surface area (Å²) in [5.41, 5.74) is 0.518. The molecule has 0 spiro atoms. The van der Waals surface area contributed by atoms with Crippen molar-refractivity contribution in [3.8, 4) is 0 Å². The molecule has 7 heteroatoms. The Kier molecular flexibility index (Phi) is 5.38. The highest BCUT2D eigenvalue weighted by Gasteiger charge is 2.13. The van der Waals surface area contributed by atoms with Crippen molar-refractivity contribution in [3.63, 3.8) is 0 Å². The zero-order valence-corrected chi connectivity index (χ0v) is 13.9. The molecule has 26 heavy (non-hydrogen) atoms. The van der Waals surface area contributed by atoms with Crippen LogP contribution in [0.15, 0.2) is 64.1 Å². The Balaban J connectivity index is 1.52. The number of pyridine rings is 1. The van der Waals surface area contributed by atoms with Crippen molar-refractivity contribution >= 4 is 22.8 Å². The maximum atomic E-state index is 12.2. The Morgan fingerprint density at radius 2 is 1.92 bits per heavy atom. The van der Waals surface area contributed by atoms with E-state index in [9.17, 15) is 14.4 Å². The zero-order chi connectivity index (χ0) is 18.4. The SMILES string of the molecule is O=C(CCNC(=O)c1cc2ccccc2oc1=O)NCc1cccnc1. The molecule has 0 bridgehead atoms. The molecule has 1 aromatic carbocycles. The Labute approximate surface area is 149 Å². The van der Waals surface area contributed by atoms with Crippen LogP contribution in [-0.4, -0.2) is 23.3 Å². The van der Waals surface area contributed by atoms with Gasteiger partial charge in [0.15, 0.2) is 0 Å². The van der Waals surface area contributed by atoms with Gasteiger partial charge < -0.3 is 15.1 Å². The Hall–Kier alpha value is -3.48. The van der Waals surface area contributed by atoms with E-state index in [0.29, 0.717) is 17.5 Å². The minimum absolute atomic E-state index is 0.0838. The van der Waals surface area contributed by atoms with Gasteiger partial charge in [-0.25, -0.2) is 4.79 Å². The number of aromatic nitrogens is 1. The molecular formula is C19H17N3O4. The van der Waals surface area contributed by atoms with Crippen molar-refractivity contribution < 1.29 is 14.0 Å². The van der Waals surface area contributed by atoms with Crippen LogP contribution < -0.4 is 16.3 Å². The predicted molar refractivity (Wildman–Crippen MR) is 95.5 cm³/mol. The summed E-state index contributed by atoms with van der Waals surface area (Å²) in [6.45, 7) is 0.485. The predicted octanol–water partition coefficient (Wildman–Crippen LogP) is 1.62. The van der Waals surface area contributed by atoms with E-state index in [0.717, 1.165) is 5.56 Å². The highest BCUT2D eigenvalue weighted by Crippen LogP contribution is 2.12. The van der Waals surface area contributed by atoms with Gasteiger partial charge in [-0.1, -0.05) is 24.3 Å². The number of benzene rings is 1. The molecule has 0 radical (unpaired) electrons. The lowest BCUT2D eigenvalue weighted by Gasteiger charge is -2.07. The fourth-order valence-corrected chi connectivity index (χ4v) is 2.40. The van der Waals surface area contributed by atoms with Crippen LogP contribution in [0.5, 0.6) is 0 Å². The van der Waals surface area contributed by atoms with Crippen molar-refractivity contribution in [1.82, 2.24) is 15.6 Å². The summed E-state index contributed by atoms with van der Waals surface area (Å²) >= 11 is 0. The van der Waals surface area contributed by atoms with Gasteiger partial charge in [-0.05, 0) is 23.8 Å². The molecule has 0 fully saturated rings. The highest BCUT2D eigenvalue weighted by molar-refractivity contribution is 5.96. The van der Waals surface area contributed by atoms with Gasteiger partial charge in [-0.15, -0.1) is 0 Å². The Bertz CT molecular complexity index is 983. The van der Waals surface area contributed by atoms with Crippen LogP contribution >= 0.6 is 0 Å². The van der Waals surface area contributed by atoms with Crippen LogP contribution in [-0.2, 0) is 11.3 Å². The van der Waals surface area contributed by atoms with E-state index in [4.69, 9.17) is 4.42 Å². The molecule has 0 unspecified atom stereocenters. The minimum Gasteiger partial charge on any atom is -0.422 e. The van der Waals surface area contributed by atoms with Gasteiger partial charge in [0.05, 0.1) is 0 Å². The standard InChI is InChI=1S/C19H17N3O4/c23-17(22-12-13-4-3-8-20-11-13)7-9-21-18(24)15-10-14-5-1-2-6-16(14)26-19(15)25/h1-6,8,10-11H,7,9,12H2,(H,21,24)(H,22,23). The van der Waals surface area contributed by atoms with E-state index >= 15 is 0 Å². The molecule has 7 nitrogen and oxygen atoms in total. The molecule has 0 saturated heterocycles. The molecule has 0 saturated carbocycles. The highest BCUT2D eigenvalue weighted by atomic mass is 16.4. The number of nitrogens with one attached hydrogen (secondary N) is 2. The Morgan fingerprint density at radius 3 is 2.73 bits per heavy atom.